The number of non-ortho nitro benzene ring substituents is 1. The van der Waals surface area contributed by atoms with E-state index in [1.165, 1.54) is 12.1 Å². The molecule has 0 aliphatic rings. The maximum atomic E-state index is 13.1. The fourth-order valence-electron chi connectivity index (χ4n) is 4.28. The number of rotatable bonds is 7. The Morgan fingerprint density at radius 3 is 2.60 bits per heavy atom. The number of fused-ring (bicyclic) bond motifs is 2. The molecule has 0 aliphatic heterocycles. The first-order chi connectivity index (χ1) is 19.5. The van der Waals surface area contributed by atoms with E-state index in [0.717, 1.165) is 16.7 Å². The molecule has 40 heavy (non-hydrogen) atoms. The van der Waals surface area contributed by atoms with E-state index in [-0.39, 0.29) is 16.4 Å². The van der Waals surface area contributed by atoms with Crippen LogP contribution in [0.15, 0.2) is 94.7 Å². The van der Waals surface area contributed by atoms with Crippen molar-refractivity contribution in [1.29, 1.82) is 0 Å². The summed E-state index contributed by atoms with van der Waals surface area (Å²) < 4.78 is 11.3. The molecule has 1 amide bonds. The van der Waals surface area contributed by atoms with Crippen molar-refractivity contribution in [2.45, 2.75) is 0 Å². The molecular weight excluding hydrogens is 532 g/mol. The van der Waals surface area contributed by atoms with Gasteiger partial charge < -0.3 is 9.15 Å². The second kappa shape index (κ2) is 10.4. The molecule has 2 heterocycles. The Morgan fingerprint density at radius 2 is 1.77 bits per heavy atom. The highest BCUT2D eigenvalue weighted by atomic mass is 32.1. The van der Waals surface area contributed by atoms with Gasteiger partial charge in [-0.05, 0) is 29.7 Å². The van der Waals surface area contributed by atoms with E-state index >= 15 is 0 Å². The summed E-state index contributed by atoms with van der Waals surface area (Å²) in [4.78, 5) is 45.1. The lowest BCUT2D eigenvalue weighted by Crippen LogP contribution is -2.21. The van der Waals surface area contributed by atoms with E-state index in [0.29, 0.717) is 39.2 Å². The van der Waals surface area contributed by atoms with Crippen LogP contribution in [0.1, 0.15) is 10.4 Å². The van der Waals surface area contributed by atoms with Crippen molar-refractivity contribution in [3.05, 3.63) is 106 Å². The minimum Gasteiger partial charge on any atom is -0.452 e. The maximum Gasteiger partial charge on any atom is 0.339 e. The summed E-state index contributed by atoms with van der Waals surface area (Å²) in [6.45, 7) is -0.536. The van der Waals surface area contributed by atoms with Crippen molar-refractivity contribution < 1.29 is 23.7 Å². The van der Waals surface area contributed by atoms with Gasteiger partial charge in [-0.25, -0.2) is 14.8 Å². The fraction of sp³-hybridized carbons (Fsp3) is 0.0345. The number of ether oxygens (including phenoxy) is 1. The number of nitrogens with one attached hydrogen (secondary N) is 1. The monoisotopic (exact) mass is 550 g/mol. The highest BCUT2D eigenvalue weighted by molar-refractivity contribution is 7.14. The number of carbonyl (C=O) groups is 2. The zero-order chi connectivity index (χ0) is 27.6. The Balaban J connectivity index is 1.18. The molecule has 6 aromatic rings. The molecule has 0 saturated carbocycles. The minimum atomic E-state index is -0.680. The normalized spacial score (nSPS) is 11.0. The number of hydrogen-bond donors (Lipinski definition) is 1. The summed E-state index contributed by atoms with van der Waals surface area (Å²) in [6.07, 6.45) is 0. The molecule has 0 unspecified atom stereocenters. The van der Waals surface area contributed by atoms with Crippen LogP contribution < -0.4 is 5.32 Å². The zero-order valence-corrected chi connectivity index (χ0v) is 21.4. The first-order valence-corrected chi connectivity index (χ1v) is 12.9. The third kappa shape index (κ3) is 4.88. The standard InChI is InChI=1S/C29H18N4O6S/c34-25(32-29-31-23(16-40-29)18-8-3-9-19(14-18)33(36)37)15-38-28(35)21-11-5-7-17-6-4-10-20(26(17)21)27-30-22-12-1-2-13-24(22)39-27/h1-14,16H,15H2,(H,31,32,34). The van der Waals surface area contributed by atoms with E-state index in [2.05, 4.69) is 15.3 Å². The van der Waals surface area contributed by atoms with Crippen LogP contribution in [0.2, 0.25) is 0 Å². The number of carbonyl (C=O) groups excluding carboxylic acids is 2. The Kier molecular flexibility index (Phi) is 6.46. The third-order valence-electron chi connectivity index (χ3n) is 6.09. The molecule has 2 aromatic heterocycles. The number of esters is 1. The van der Waals surface area contributed by atoms with Crippen LogP contribution in [-0.4, -0.2) is 33.4 Å². The minimum absolute atomic E-state index is 0.0595. The zero-order valence-electron chi connectivity index (χ0n) is 20.6. The van der Waals surface area contributed by atoms with E-state index < -0.39 is 23.4 Å². The van der Waals surface area contributed by atoms with Gasteiger partial charge in [0.05, 0.1) is 16.2 Å². The summed E-state index contributed by atoms with van der Waals surface area (Å²) in [5.74, 6) is -0.887. The number of hydrogen-bond acceptors (Lipinski definition) is 9. The lowest BCUT2D eigenvalue weighted by atomic mass is 9.99. The second-order valence-electron chi connectivity index (χ2n) is 8.67. The molecule has 10 nitrogen and oxygen atoms in total. The smallest absolute Gasteiger partial charge is 0.339 e. The quantitative estimate of drug-likeness (QED) is 0.136. The predicted octanol–water partition coefficient (Wildman–Crippen LogP) is 6.48. The summed E-state index contributed by atoms with van der Waals surface area (Å²) in [7, 11) is 0. The number of amides is 1. The number of nitro benzene ring substituents is 1. The van der Waals surface area contributed by atoms with Crippen LogP contribution in [0.5, 0.6) is 0 Å². The molecular formula is C29H18N4O6S. The van der Waals surface area contributed by atoms with Gasteiger partial charge in [-0.15, -0.1) is 11.3 Å². The largest absolute Gasteiger partial charge is 0.452 e. The summed E-state index contributed by atoms with van der Waals surface area (Å²) in [6, 6.07) is 24.2. The SMILES string of the molecule is O=C(COC(=O)c1cccc2cccc(-c3nc4ccccc4o3)c12)Nc1nc(-c2cccc([N+](=O)[O-])c2)cs1. The van der Waals surface area contributed by atoms with Gasteiger partial charge in [0.25, 0.3) is 11.6 Å². The van der Waals surface area contributed by atoms with Crippen molar-refractivity contribution in [1.82, 2.24) is 9.97 Å². The highest BCUT2D eigenvalue weighted by Gasteiger charge is 2.20. The number of nitro groups is 1. The van der Waals surface area contributed by atoms with Gasteiger partial charge in [0.1, 0.15) is 5.52 Å². The van der Waals surface area contributed by atoms with E-state index in [1.54, 1.807) is 29.6 Å². The van der Waals surface area contributed by atoms with Crippen LogP contribution in [0.4, 0.5) is 10.8 Å². The molecule has 0 fully saturated rings. The van der Waals surface area contributed by atoms with Gasteiger partial charge in [-0.3, -0.25) is 20.2 Å². The van der Waals surface area contributed by atoms with E-state index in [9.17, 15) is 19.7 Å². The lowest BCUT2D eigenvalue weighted by molar-refractivity contribution is -0.384. The molecule has 1 N–H and O–H groups in total. The molecule has 0 bridgehead atoms. The van der Waals surface area contributed by atoms with Gasteiger partial charge >= 0.3 is 5.97 Å². The van der Waals surface area contributed by atoms with Crippen LogP contribution in [0.25, 0.3) is 44.6 Å². The van der Waals surface area contributed by atoms with Crippen LogP contribution in [0.3, 0.4) is 0 Å². The Morgan fingerprint density at radius 1 is 0.975 bits per heavy atom. The molecule has 0 atom stereocenters. The van der Waals surface area contributed by atoms with Crippen molar-refractivity contribution in [3.8, 4) is 22.7 Å². The Bertz CT molecular complexity index is 1890. The molecule has 4 aromatic carbocycles. The van der Waals surface area contributed by atoms with Crippen molar-refractivity contribution >= 4 is 55.9 Å². The number of para-hydroxylation sites is 2. The van der Waals surface area contributed by atoms with Crippen molar-refractivity contribution in [2.24, 2.45) is 0 Å². The number of benzene rings is 4. The first kappa shape index (κ1) is 24.9. The van der Waals surface area contributed by atoms with Crippen LogP contribution >= 0.6 is 11.3 Å². The number of anilines is 1. The van der Waals surface area contributed by atoms with Gasteiger partial charge in [0.2, 0.25) is 5.89 Å². The van der Waals surface area contributed by atoms with E-state index in [1.807, 2.05) is 48.5 Å². The third-order valence-corrected chi connectivity index (χ3v) is 6.84. The molecule has 6 rings (SSSR count). The molecule has 0 aliphatic carbocycles. The average Bonchev–Trinajstić information content (AvgIpc) is 3.62. The van der Waals surface area contributed by atoms with Crippen molar-refractivity contribution in [3.63, 3.8) is 0 Å². The Labute approximate surface area is 230 Å². The van der Waals surface area contributed by atoms with Crippen LogP contribution in [0, 0.1) is 10.1 Å². The maximum absolute atomic E-state index is 13.1. The van der Waals surface area contributed by atoms with Gasteiger partial charge in [-0.1, -0.05) is 48.5 Å². The van der Waals surface area contributed by atoms with Crippen LogP contribution in [-0.2, 0) is 9.53 Å². The molecule has 0 spiro atoms. The predicted molar refractivity (Wildman–Crippen MR) is 150 cm³/mol. The number of aromatic nitrogens is 2. The van der Waals surface area contributed by atoms with E-state index in [4.69, 9.17) is 9.15 Å². The first-order valence-electron chi connectivity index (χ1n) is 12.0. The number of oxazole rings is 1. The second-order valence-corrected chi connectivity index (χ2v) is 9.52. The molecule has 0 saturated heterocycles. The topological polar surface area (TPSA) is 137 Å². The van der Waals surface area contributed by atoms with Crippen molar-refractivity contribution in [2.75, 3.05) is 11.9 Å². The molecule has 196 valence electrons. The number of thiazole rings is 1. The molecule has 0 radical (unpaired) electrons. The number of nitrogens with zero attached hydrogens (tertiary/aromatic N) is 3. The van der Waals surface area contributed by atoms with Gasteiger partial charge in [0, 0.05) is 34.0 Å². The summed E-state index contributed by atoms with van der Waals surface area (Å²) in [5, 5.41) is 17.0. The fourth-order valence-corrected chi connectivity index (χ4v) is 5.02. The highest BCUT2D eigenvalue weighted by Crippen LogP contribution is 2.33. The van der Waals surface area contributed by atoms with Gasteiger partial charge in [-0.2, -0.15) is 0 Å². The average molecular weight is 551 g/mol. The molecule has 11 heteroatoms. The lowest BCUT2D eigenvalue weighted by Gasteiger charge is -2.10. The van der Waals surface area contributed by atoms with Gasteiger partial charge in [0.15, 0.2) is 17.3 Å². The Hall–Kier alpha value is -5.42. The summed E-state index contributed by atoms with van der Waals surface area (Å²) >= 11 is 1.15. The summed E-state index contributed by atoms with van der Waals surface area (Å²) in [5.41, 5.74) is 3.18.